The van der Waals surface area contributed by atoms with E-state index in [-0.39, 0.29) is 24.1 Å². The first-order chi connectivity index (χ1) is 13.3. The Labute approximate surface area is 171 Å². The highest BCUT2D eigenvalue weighted by molar-refractivity contribution is 7.88. The van der Waals surface area contributed by atoms with E-state index in [9.17, 15) is 13.2 Å². The molecule has 1 heterocycles. The monoisotopic (exact) mass is 420 g/mol. The van der Waals surface area contributed by atoms with Gasteiger partial charge in [-0.05, 0) is 43.0 Å². The Bertz CT molecular complexity index is 929. The van der Waals surface area contributed by atoms with Gasteiger partial charge in [-0.25, -0.2) is 12.7 Å². The smallest absolute Gasteiger partial charge is 0.224 e. The summed E-state index contributed by atoms with van der Waals surface area (Å²) in [6.45, 7) is 3.15. The predicted molar refractivity (Wildman–Crippen MR) is 111 cm³/mol. The van der Waals surface area contributed by atoms with Crippen LogP contribution in [0.1, 0.15) is 29.5 Å². The third kappa shape index (κ3) is 5.56. The number of nitrogens with zero attached hydrogens (tertiary/aromatic N) is 1. The van der Waals surface area contributed by atoms with Gasteiger partial charge in [-0.15, -0.1) is 0 Å². The molecule has 1 atom stereocenters. The topological polar surface area (TPSA) is 66.5 Å². The molecule has 1 aliphatic rings. The fraction of sp³-hybridized carbons (Fsp3) is 0.381. The zero-order valence-electron chi connectivity index (χ0n) is 15.9. The largest absolute Gasteiger partial charge is 0.352 e. The summed E-state index contributed by atoms with van der Waals surface area (Å²) in [5.74, 6) is -0.492. The molecule has 1 aliphatic heterocycles. The van der Waals surface area contributed by atoms with Crippen molar-refractivity contribution in [2.45, 2.75) is 32.1 Å². The highest BCUT2D eigenvalue weighted by atomic mass is 35.5. The Morgan fingerprint density at radius 2 is 1.93 bits per heavy atom. The van der Waals surface area contributed by atoms with Gasteiger partial charge in [0, 0.05) is 24.7 Å². The molecule has 0 saturated carbocycles. The van der Waals surface area contributed by atoms with Gasteiger partial charge in [0.2, 0.25) is 15.9 Å². The SMILES string of the molecule is Cc1cccc(CNC(=O)C2CCCN(S(=O)(=O)Cc3ccc(Cl)cc3)C2)c1. The molecule has 28 heavy (non-hydrogen) atoms. The zero-order valence-corrected chi connectivity index (χ0v) is 17.5. The van der Waals surface area contributed by atoms with E-state index in [2.05, 4.69) is 5.32 Å². The third-order valence-electron chi connectivity index (χ3n) is 4.96. The number of hydrogen-bond acceptors (Lipinski definition) is 3. The van der Waals surface area contributed by atoms with E-state index in [1.807, 2.05) is 31.2 Å². The normalized spacial score (nSPS) is 18.0. The van der Waals surface area contributed by atoms with Crippen LogP contribution in [0, 0.1) is 12.8 Å². The summed E-state index contributed by atoms with van der Waals surface area (Å²) in [6, 6.07) is 14.8. The third-order valence-corrected chi connectivity index (χ3v) is 7.03. The van der Waals surface area contributed by atoms with E-state index in [4.69, 9.17) is 11.6 Å². The van der Waals surface area contributed by atoms with Gasteiger partial charge >= 0.3 is 0 Å². The van der Waals surface area contributed by atoms with Crippen LogP contribution in [0.3, 0.4) is 0 Å². The van der Waals surface area contributed by atoms with Crippen molar-refractivity contribution in [2.75, 3.05) is 13.1 Å². The molecule has 0 spiro atoms. The number of halogens is 1. The van der Waals surface area contributed by atoms with E-state index >= 15 is 0 Å². The average Bonchev–Trinajstić information content (AvgIpc) is 2.68. The fourth-order valence-corrected chi connectivity index (χ4v) is 5.18. The molecule has 2 aromatic rings. The van der Waals surface area contributed by atoms with Crippen LogP contribution in [-0.2, 0) is 27.1 Å². The molecule has 1 N–H and O–H groups in total. The number of sulfonamides is 1. The average molecular weight is 421 g/mol. The van der Waals surface area contributed by atoms with Crippen molar-refractivity contribution in [1.82, 2.24) is 9.62 Å². The Kier molecular flexibility index (Phi) is 6.75. The molecule has 3 rings (SSSR count). The van der Waals surface area contributed by atoms with Gasteiger partial charge in [0.1, 0.15) is 0 Å². The Morgan fingerprint density at radius 1 is 1.18 bits per heavy atom. The van der Waals surface area contributed by atoms with Crippen molar-refractivity contribution in [2.24, 2.45) is 5.92 Å². The van der Waals surface area contributed by atoms with Gasteiger partial charge in [-0.2, -0.15) is 0 Å². The van der Waals surface area contributed by atoms with Crippen molar-refractivity contribution in [3.8, 4) is 0 Å². The number of benzene rings is 2. The molecule has 0 aromatic heterocycles. The maximum atomic E-state index is 12.8. The summed E-state index contributed by atoms with van der Waals surface area (Å²) in [7, 11) is -3.48. The Balaban J connectivity index is 1.59. The van der Waals surface area contributed by atoms with Crippen LogP contribution < -0.4 is 5.32 Å². The summed E-state index contributed by atoms with van der Waals surface area (Å²) in [5.41, 5.74) is 2.87. The highest BCUT2D eigenvalue weighted by Gasteiger charge is 2.32. The molecular formula is C21H25ClN2O3S. The van der Waals surface area contributed by atoms with Gasteiger partial charge in [0.15, 0.2) is 0 Å². The van der Waals surface area contributed by atoms with Crippen LogP contribution in [0.4, 0.5) is 0 Å². The number of hydrogen-bond donors (Lipinski definition) is 1. The van der Waals surface area contributed by atoms with Gasteiger partial charge in [0.25, 0.3) is 0 Å². The van der Waals surface area contributed by atoms with Crippen LogP contribution in [0.5, 0.6) is 0 Å². The number of carbonyl (C=O) groups is 1. The van der Waals surface area contributed by atoms with Gasteiger partial charge < -0.3 is 5.32 Å². The van der Waals surface area contributed by atoms with E-state index < -0.39 is 10.0 Å². The second-order valence-electron chi connectivity index (χ2n) is 7.29. The van der Waals surface area contributed by atoms with E-state index in [0.717, 1.165) is 11.1 Å². The molecular weight excluding hydrogens is 396 g/mol. The lowest BCUT2D eigenvalue weighted by Gasteiger charge is -2.31. The Hall–Kier alpha value is -1.89. The van der Waals surface area contributed by atoms with Crippen molar-refractivity contribution in [3.05, 3.63) is 70.2 Å². The van der Waals surface area contributed by atoms with E-state index in [1.54, 1.807) is 24.3 Å². The first-order valence-electron chi connectivity index (χ1n) is 9.39. The maximum Gasteiger partial charge on any atom is 0.224 e. The summed E-state index contributed by atoms with van der Waals surface area (Å²) >= 11 is 5.86. The van der Waals surface area contributed by atoms with E-state index in [1.165, 1.54) is 4.31 Å². The first-order valence-corrected chi connectivity index (χ1v) is 11.4. The minimum absolute atomic E-state index is 0.0815. The fourth-order valence-electron chi connectivity index (χ4n) is 3.45. The summed E-state index contributed by atoms with van der Waals surface area (Å²) in [5, 5.41) is 3.52. The molecule has 1 fully saturated rings. The van der Waals surface area contributed by atoms with Crippen LogP contribution in [0.2, 0.25) is 5.02 Å². The van der Waals surface area contributed by atoms with Crippen molar-refractivity contribution >= 4 is 27.5 Å². The molecule has 150 valence electrons. The minimum Gasteiger partial charge on any atom is -0.352 e. The van der Waals surface area contributed by atoms with Crippen LogP contribution >= 0.6 is 11.6 Å². The number of nitrogens with one attached hydrogen (secondary N) is 1. The van der Waals surface area contributed by atoms with E-state index in [0.29, 0.717) is 36.5 Å². The first kappa shape index (κ1) is 20.8. The molecule has 1 amide bonds. The molecule has 0 aliphatic carbocycles. The number of piperidine rings is 1. The molecule has 0 bridgehead atoms. The number of rotatable bonds is 6. The highest BCUT2D eigenvalue weighted by Crippen LogP contribution is 2.22. The second-order valence-corrected chi connectivity index (χ2v) is 9.69. The molecule has 2 aromatic carbocycles. The van der Waals surface area contributed by atoms with Crippen molar-refractivity contribution < 1.29 is 13.2 Å². The summed E-state index contributed by atoms with van der Waals surface area (Å²) in [6.07, 6.45) is 1.38. The lowest BCUT2D eigenvalue weighted by molar-refractivity contribution is -0.126. The van der Waals surface area contributed by atoms with Gasteiger partial charge in [0.05, 0.1) is 11.7 Å². The quantitative estimate of drug-likeness (QED) is 0.777. The summed E-state index contributed by atoms with van der Waals surface area (Å²) < 4.78 is 27.0. The zero-order chi connectivity index (χ0) is 20.1. The number of aryl methyl sites for hydroxylation is 1. The van der Waals surface area contributed by atoms with Crippen molar-refractivity contribution in [3.63, 3.8) is 0 Å². The van der Waals surface area contributed by atoms with Crippen LogP contribution in [-0.4, -0.2) is 31.7 Å². The number of carbonyl (C=O) groups excluding carboxylic acids is 1. The number of amides is 1. The molecule has 0 radical (unpaired) electrons. The molecule has 7 heteroatoms. The van der Waals surface area contributed by atoms with Crippen LogP contribution in [0.25, 0.3) is 0 Å². The lowest BCUT2D eigenvalue weighted by Crippen LogP contribution is -2.45. The molecule has 1 saturated heterocycles. The maximum absolute atomic E-state index is 12.8. The lowest BCUT2D eigenvalue weighted by atomic mass is 9.98. The van der Waals surface area contributed by atoms with Gasteiger partial charge in [-0.3, -0.25) is 4.79 Å². The van der Waals surface area contributed by atoms with Crippen molar-refractivity contribution in [1.29, 1.82) is 0 Å². The van der Waals surface area contributed by atoms with Crippen LogP contribution in [0.15, 0.2) is 48.5 Å². The molecule has 5 nitrogen and oxygen atoms in total. The molecule has 1 unspecified atom stereocenters. The Morgan fingerprint density at radius 3 is 2.64 bits per heavy atom. The van der Waals surface area contributed by atoms with Gasteiger partial charge in [-0.1, -0.05) is 53.6 Å². The standard InChI is InChI=1S/C21H25ClN2O3S/c1-16-4-2-5-18(12-16)13-23-21(25)19-6-3-11-24(14-19)28(26,27)15-17-7-9-20(22)10-8-17/h2,4-5,7-10,12,19H,3,6,11,13-15H2,1H3,(H,23,25). The minimum atomic E-state index is -3.48. The second kappa shape index (κ2) is 9.07. The summed E-state index contributed by atoms with van der Waals surface area (Å²) in [4.78, 5) is 12.6. The predicted octanol–water partition coefficient (Wildman–Crippen LogP) is 3.51.